The van der Waals surface area contributed by atoms with Crippen molar-refractivity contribution in [2.24, 2.45) is 5.14 Å². The molecule has 2 rings (SSSR count). The van der Waals surface area contributed by atoms with Gasteiger partial charge in [-0.3, -0.25) is 0 Å². The van der Waals surface area contributed by atoms with E-state index in [9.17, 15) is 27.6 Å². The summed E-state index contributed by atoms with van der Waals surface area (Å²) in [5.41, 5.74) is 1.84. The first-order chi connectivity index (χ1) is 13.8. The largest absolute Gasteiger partial charge is 0.478 e. The Bertz CT molecular complexity index is 873. The molecule has 1 aliphatic heterocycles. The van der Waals surface area contributed by atoms with Crippen molar-refractivity contribution in [3.63, 3.8) is 0 Å². The van der Waals surface area contributed by atoms with Crippen molar-refractivity contribution in [1.29, 1.82) is 0 Å². The van der Waals surface area contributed by atoms with E-state index >= 15 is 0 Å². The summed E-state index contributed by atoms with van der Waals surface area (Å²) in [6.45, 7) is 1.11. The number of fused-ring (bicyclic) bond motifs is 1. The highest BCUT2D eigenvalue weighted by atomic mass is 32.2. The van der Waals surface area contributed by atoms with E-state index in [1.165, 1.54) is 0 Å². The van der Waals surface area contributed by atoms with E-state index < -0.39 is 39.2 Å². The molecule has 0 amide bonds. The second-order valence-electron chi connectivity index (χ2n) is 5.43. The van der Waals surface area contributed by atoms with E-state index in [4.69, 9.17) is 25.6 Å². The van der Waals surface area contributed by atoms with Gasteiger partial charge < -0.3 is 31.2 Å². The summed E-state index contributed by atoms with van der Waals surface area (Å²) >= 11 is 0. The molecule has 1 unspecified atom stereocenters. The van der Waals surface area contributed by atoms with E-state index in [1.807, 2.05) is 24.3 Å². The minimum Gasteiger partial charge on any atom is -0.478 e. The zero-order valence-corrected chi connectivity index (χ0v) is 16.7. The van der Waals surface area contributed by atoms with Crippen LogP contribution in [0.1, 0.15) is 16.4 Å². The fraction of sp³-hybridized carbons (Fsp3) is 0.176. The van der Waals surface area contributed by atoms with Crippen LogP contribution in [0.25, 0.3) is 0 Å². The molecule has 14 heteroatoms. The summed E-state index contributed by atoms with van der Waals surface area (Å²) in [7, 11) is -3.50. The van der Waals surface area contributed by atoms with Crippen LogP contribution < -0.4 is 10.5 Å². The van der Waals surface area contributed by atoms with Gasteiger partial charge in [-0.05, 0) is 11.1 Å². The van der Waals surface area contributed by atoms with Gasteiger partial charge in [0.05, 0.1) is 0 Å². The highest BCUT2D eigenvalue weighted by molar-refractivity contribution is 7.89. The Balaban J connectivity index is 0. The Morgan fingerprint density at radius 2 is 1.26 bits per heavy atom. The van der Waals surface area contributed by atoms with Crippen LogP contribution in [-0.4, -0.2) is 64.7 Å². The van der Waals surface area contributed by atoms with Gasteiger partial charge in [-0.2, -0.15) is 0 Å². The number of carbonyl (C=O) groups is 4. The lowest BCUT2D eigenvalue weighted by Crippen LogP contribution is -2.35. The molecule has 0 saturated heterocycles. The van der Waals surface area contributed by atoms with Gasteiger partial charge in [0.1, 0.15) is 5.25 Å². The maximum absolute atomic E-state index is 11.3. The molecule has 31 heavy (non-hydrogen) atoms. The molecule has 13 nitrogen and oxygen atoms in total. The van der Waals surface area contributed by atoms with Crippen molar-refractivity contribution in [3.05, 3.63) is 59.7 Å². The first kappa shape index (κ1) is 29.6. The van der Waals surface area contributed by atoms with Crippen molar-refractivity contribution >= 4 is 33.9 Å². The van der Waals surface area contributed by atoms with Crippen LogP contribution in [0.4, 0.5) is 0 Å². The molecule has 1 atom stereocenters. The molecule has 0 saturated carbocycles. The molecule has 1 heterocycles. The summed E-state index contributed by atoms with van der Waals surface area (Å²) in [6, 6.07) is 7.47. The Labute approximate surface area is 176 Å². The number of benzene rings is 1. The predicted molar refractivity (Wildman–Crippen MR) is 106 cm³/mol. The fourth-order valence-corrected chi connectivity index (χ4v) is 2.97. The molecule has 172 valence electrons. The van der Waals surface area contributed by atoms with Crippen LogP contribution in [0.5, 0.6) is 0 Å². The van der Waals surface area contributed by atoms with E-state index in [1.54, 1.807) is 0 Å². The van der Waals surface area contributed by atoms with Crippen molar-refractivity contribution in [3.8, 4) is 0 Å². The summed E-state index contributed by atoms with van der Waals surface area (Å²) < 4.78 is 22.6. The lowest BCUT2D eigenvalue weighted by atomic mass is 10.0. The zero-order chi connectivity index (χ0) is 23.3. The van der Waals surface area contributed by atoms with Crippen LogP contribution >= 0.6 is 0 Å². The number of carboxylic acids is 4. The minimum atomic E-state index is -3.50. The number of aliphatic carboxylic acids is 4. The number of nitrogens with two attached hydrogens (primary N) is 1. The number of nitrogens with one attached hydrogen (secondary N) is 1. The van der Waals surface area contributed by atoms with Crippen LogP contribution in [0.2, 0.25) is 0 Å². The van der Waals surface area contributed by atoms with Crippen LogP contribution in [0.15, 0.2) is 48.6 Å². The molecular formula is C17H22N2O11S. The molecule has 0 bridgehead atoms. The standard InChI is InChI=1S/C9H12N2O2S.2C4H4O4.H2O/c10-14(12,13)9-6-11-5-7-3-1-2-4-8(7)9;2*5-3(6)1-2-4(7)8;/h1-4,9,11H,5-6H2,(H2,10,12,13);2*1-2H,(H,5,6)(H,7,8);1H2/b;2*2-1+;. The Morgan fingerprint density at radius 3 is 1.61 bits per heavy atom. The third-order valence-electron chi connectivity index (χ3n) is 3.18. The molecule has 0 aromatic heterocycles. The lowest BCUT2D eigenvalue weighted by Gasteiger charge is -2.24. The average Bonchev–Trinajstić information content (AvgIpc) is 2.64. The van der Waals surface area contributed by atoms with Gasteiger partial charge in [-0.1, -0.05) is 24.3 Å². The van der Waals surface area contributed by atoms with Gasteiger partial charge in [-0.25, -0.2) is 32.7 Å². The molecule has 1 aromatic carbocycles. The quantitative estimate of drug-likeness (QED) is 0.281. The highest BCUT2D eigenvalue weighted by Crippen LogP contribution is 2.26. The van der Waals surface area contributed by atoms with E-state index in [0.717, 1.165) is 11.1 Å². The maximum atomic E-state index is 11.3. The molecule has 9 N–H and O–H groups in total. The molecule has 0 spiro atoms. The number of hydrogen-bond acceptors (Lipinski definition) is 7. The number of primary sulfonamides is 1. The van der Waals surface area contributed by atoms with Gasteiger partial charge in [0.2, 0.25) is 10.0 Å². The normalized spacial score (nSPS) is 14.7. The van der Waals surface area contributed by atoms with E-state index in [0.29, 0.717) is 37.4 Å². The summed E-state index contributed by atoms with van der Waals surface area (Å²) in [4.78, 5) is 38.2. The van der Waals surface area contributed by atoms with Crippen LogP contribution in [0.3, 0.4) is 0 Å². The van der Waals surface area contributed by atoms with E-state index in [2.05, 4.69) is 5.32 Å². The van der Waals surface area contributed by atoms with Crippen LogP contribution in [0, 0.1) is 0 Å². The second kappa shape index (κ2) is 14.4. The van der Waals surface area contributed by atoms with Crippen LogP contribution in [-0.2, 0) is 35.7 Å². The minimum absolute atomic E-state index is 0. The molecule has 0 fully saturated rings. The van der Waals surface area contributed by atoms with Gasteiger partial charge in [0, 0.05) is 37.4 Å². The predicted octanol–water partition coefficient (Wildman–Crippen LogP) is -1.28. The smallest absolute Gasteiger partial charge is 0.328 e. The summed E-state index contributed by atoms with van der Waals surface area (Å²) in [6.07, 6.45) is 2.23. The second-order valence-corrected chi connectivity index (χ2v) is 7.17. The first-order valence-electron chi connectivity index (χ1n) is 7.92. The highest BCUT2D eigenvalue weighted by Gasteiger charge is 2.28. The van der Waals surface area contributed by atoms with Gasteiger partial charge in [-0.15, -0.1) is 0 Å². The lowest BCUT2D eigenvalue weighted by molar-refractivity contribution is -0.134. The topological polar surface area (TPSA) is 253 Å². The fourth-order valence-electron chi connectivity index (χ4n) is 2.04. The van der Waals surface area contributed by atoms with Crippen molar-refractivity contribution in [2.75, 3.05) is 6.54 Å². The number of hydrogen-bond donors (Lipinski definition) is 6. The Hall–Kier alpha value is -3.59. The monoisotopic (exact) mass is 462 g/mol. The number of rotatable bonds is 5. The number of sulfonamides is 1. The third-order valence-corrected chi connectivity index (χ3v) is 4.39. The molecule has 0 aliphatic carbocycles. The van der Waals surface area contributed by atoms with E-state index in [-0.39, 0.29) is 5.48 Å². The zero-order valence-electron chi connectivity index (χ0n) is 15.8. The molecule has 1 aromatic rings. The van der Waals surface area contributed by atoms with Crippen molar-refractivity contribution in [1.82, 2.24) is 5.32 Å². The molecule has 0 radical (unpaired) electrons. The maximum Gasteiger partial charge on any atom is 0.328 e. The molecular weight excluding hydrogens is 440 g/mol. The average molecular weight is 462 g/mol. The van der Waals surface area contributed by atoms with Crippen molar-refractivity contribution < 1.29 is 53.5 Å². The van der Waals surface area contributed by atoms with Gasteiger partial charge in [0.25, 0.3) is 0 Å². The SMILES string of the molecule is NS(=O)(=O)C1CNCc2ccccc21.O.O=C(O)/C=C/C(=O)O.O=C(O)/C=C/C(=O)O. The molecule has 1 aliphatic rings. The van der Waals surface area contributed by atoms with Gasteiger partial charge in [0.15, 0.2) is 0 Å². The Kier molecular flexibility index (Phi) is 13.8. The van der Waals surface area contributed by atoms with Crippen molar-refractivity contribution in [2.45, 2.75) is 11.8 Å². The Morgan fingerprint density at radius 1 is 0.871 bits per heavy atom. The van der Waals surface area contributed by atoms with Gasteiger partial charge >= 0.3 is 23.9 Å². The number of carboxylic acid groups (broad SMARTS) is 4. The first-order valence-corrected chi connectivity index (χ1v) is 9.53. The summed E-state index contributed by atoms with van der Waals surface area (Å²) in [5.74, 6) is -5.03. The summed E-state index contributed by atoms with van der Waals surface area (Å²) in [5, 5.41) is 38.8. The third kappa shape index (κ3) is 14.1.